The highest BCUT2D eigenvalue weighted by molar-refractivity contribution is 5.77. The van der Waals surface area contributed by atoms with Gasteiger partial charge < -0.3 is 5.11 Å². The summed E-state index contributed by atoms with van der Waals surface area (Å²) in [4.78, 5) is 22.6. The molecule has 0 rings (SSSR count). The molecule has 4 nitrogen and oxygen atoms in total. The van der Waals surface area contributed by atoms with Crippen LogP contribution in [0.2, 0.25) is 0 Å². The van der Waals surface area contributed by atoms with Crippen LogP contribution in [0, 0.1) is 5.92 Å². The van der Waals surface area contributed by atoms with E-state index in [4.69, 9.17) is 9.78 Å². The standard InChI is InChI=1S/C17H34O4/c1-6-9-10-11-13-15(12-7-2)17(8-3,16(18)19)21-20-14(4)5/h14-15H,6-13H2,1-5H3,(H,18,19). The Kier molecular flexibility index (Phi) is 10.7. The second-order valence-corrected chi connectivity index (χ2v) is 6.11. The maximum absolute atomic E-state index is 11.9. The minimum absolute atomic E-state index is 0.000561. The van der Waals surface area contributed by atoms with Crippen LogP contribution in [-0.2, 0) is 14.6 Å². The average Bonchev–Trinajstić information content (AvgIpc) is 2.43. The van der Waals surface area contributed by atoms with Gasteiger partial charge in [0.05, 0.1) is 6.10 Å². The third-order valence-electron chi connectivity index (χ3n) is 3.98. The van der Waals surface area contributed by atoms with Gasteiger partial charge in [-0.2, -0.15) is 0 Å². The fourth-order valence-corrected chi connectivity index (χ4v) is 2.74. The van der Waals surface area contributed by atoms with Gasteiger partial charge in [0.25, 0.3) is 0 Å². The lowest BCUT2D eigenvalue weighted by Gasteiger charge is -2.35. The smallest absolute Gasteiger partial charge is 0.339 e. The van der Waals surface area contributed by atoms with Crippen LogP contribution >= 0.6 is 0 Å². The van der Waals surface area contributed by atoms with Crippen molar-refractivity contribution in [1.82, 2.24) is 0 Å². The first-order valence-electron chi connectivity index (χ1n) is 8.52. The lowest BCUT2D eigenvalue weighted by Crippen LogP contribution is -2.48. The van der Waals surface area contributed by atoms with Crippen molar-refractivity contribution in [1.29, 1.82) is 0 Å². The number of carboxylic acids is 1. The van der Waals surface area contributed by atoms with Crippen LogP contribution < -0.4 is 0 Å². The van der Waals surface area contributed by atoms with Crippen molar-refractivity contribution in [3.63, 3.8) is 0 Å². The summed E-state index contributed by atoms with van der Waals surface area (Å²) >= 11 is 0. The average molecular weight is 302 g/mol. The molecule has 0 aromatic carbocycles. The van der Waals surface area contributed by atoms with Gasteiger partial charge in [0.15, 0.2) is 0 Å². The number of unbranched alkanes of at least 4 members (excludes halogenated alkanes) is 3. The molecule has 0 aliphatic carbocycles. The van der Waals surface area contributed by atoms with E-state index in [1.807, 2.05) is 20.8 Å². The predicted molar refractivity (Wildman–Crippen MR) is 85.1 cm³/mol. The van der Waals surface area contributed by atoms with Crippen LogP contribution in [0.4, 0.5) is 0 Å². The van der Waals surface area contributed by atoms with Gasteiger partial charge in [-0.05, 0) is 33.1 Å². The van der Waals surface area contributed by atoms with Crippen molar-refractivity contribution in [2.75, 3.05) is 0 Å². The van der Waals surface area contributed by atoms with E-state index in [1.54, 1.807) is 0 Å². The molecule has 1 N–H and O–H groups in total. The highest BCUT2D eigenvalue weighted by Crippen LogP contribution is 2.35. The first-order chi connectivity index (χ1) is 9.94. The molecule has 126 valence electrons. The van der Waals surface area contributed by atoms with Gasteiger partial charge in [0.2, 0.25) is 5.60 Å². The maximum atomic E-state index is 11.9. The molecular formula is C17H34O4. The fourth-order valence-electron chi connectivity index (χ4n) is 2.74. The molecule has 0 radical (unpaired) electrons. The van der Waals surface area contributed by atoms with E-state index in [9.17, 15) is 9.90 Å². The van der Waals surface area contributed by atoms with E-state index >= 15 is 0 Å². The van der Waals surface area contributed by atoms with E-state index in [-0.39, 0.29) is 12.0 Å². The van der Waals surface area contributed by atoms with Crippen LogP contribution in [0.3, 0.4) is 0 Å². The summed E-state index contributed by atoms with van der Waals surface area (Å²) in [6.07, 6.45) is 7.57. The quantitative estimate of drug-likeness (QED) is 0.297. The van der Waals surface area contributed by atoms with Crippen LogP contribution in [0.1, 0.15) is 86.0 Å². The van der Waals surface area contributed by atoms with Gasteiger partial charge in [0, 0.05) is 5.92 Å². The molecule has 0 aliphatic heterocycles. The Morgan fingerprint density at radius 3 is 2.14 bits per heavy atom. The molecule has 0 bridgehead atoms. The van der Waals surface area contributed by atoms with Crippen molar-refractivity contribution < 1.29 is 19.7 Å². The zero-order valence-corrected chi connectivity index (χ0v) is 14.5. The Morgan fingerprint density at radius 1 is 1.05 bits per heavy atom. The Hall–Kier alpha value is -0.610. The summed E-state index contributed by atoms with van der Waals surface area (Å²) in [5.74, 6) is -0.903. The number of hydrogen-bond acceptors (Lipinski definition) is 3. The first kappa shape index (κ1) is 20.4. The summed E-state index contributed by atoms with van der Waals surface area (Å²) in [7, 11) is 0. The van der Waals surface area contributed by atoms with Gasteiger partial charge in [-0.15, -0.1) is 0 Å². The molecule has 0 aromatic heterocycles. The summed E-state index contributed by atoms with van der Waals surface area (Å²) in [6, 6.07) is 0. The van der Waals surface area contributed by atoms with E-state index in [1.165, 1.54) is 12.8 Å². The third kappa shape index (κ3) is 6.79. The number of hydrogen-bond donors (Lipinski definition) is 1. The van der Waals surface area contributed by atoms with E-state index in [0.717, 1.165) is 32.1 Å². The molecule has 0 amide bonds. The summed E-state index contributed by atoms with van der Waals surface area (Å²) in [6.45, 7) is 9.82. The van der Waals surface area contributed by atoms with Gasteiger partial charge in [-0.3, -0.25) is 0 Å². The first-order valence-corrected chi connectivity index (χ1v) is 8.52. The number of carboxylic acid groups (broad SMARTS) is 1. The Labute approximate surface area is 130 Å². The van der Waals surface area contributed by atoms with E-state index in [0.29, 0.717) is 6.42 Å². The SMILES string of the molecule is CCCCCCC(CCC)C(CC)(OOC(C)C)C(=O)O. The molecule has 0 saturated carbocycles. The van der Waals surface area contributed by atoms with Crippen molar-refractivity contribution in [2.45, 2.75) is 97.7 Å². The third-order valence-corrected chi connectivity index (χ3v) is 3.98. The molecule has 2 atom stereocenters. The highest BCUT2D eigenvalue weighted by Gasteiger charge is 2.46. The van der Waals surface area contributed by atoms with Crippen molar-refractivity contribution in [2.24, 2.45) is 5.92 Å². The molecule has 0 heterocycles. The lowest BCUT2D eigenvalue weighted by molar-refractivity contribution is -0.383. The molecule has 2 unspecified atom stereocenters. The zero-order valence-electron chi connectivity index (χ0n) is 14.5. The predicted octanol–water partition coefficient (Wildman–Crippen LogP) is 4.96. The van der Waals surface area contributed by atoms with E-state index in [2.05, 4.69) is 13.8 Å². The summed E-state index contributed by atoms with van der Waals surface area (Å²) < 4.78 is 0. The van der Waals surface area contributed by atoms with Crippen LogP contribution in [0.15, 0.2) is 0 Å². The van der Waals surface area contributed by atoms with Gasteiger partial charge in [-0.25, -0.2) is 14.6 Å². The molecule has 0 aliphatic rings. The molecule has 0 spiro atoms. The summed E-state index contributed by atoms with van der Waals surface area (Å²) in [5.41, 5.74) is -1.22. The molecule has 4 heteroatoms. The van der Waals surface area contributed by atoms with Crippen LogP contribution in [-0.4, -0.2) is 22.8 Å². The van der Waals surface area contributed by atoms with Crippen molar-refractivity contribution >= 4 is 5.97 Å². The monoisotopic (exact) mass is 302 g/mol. The number of rotatable bonds is 13. The van der Waals surface area contributed by atoms with Gasteiger partial charge in [-0.1, -0.05) is 52.9 Å². The van der Waals surface area contributed by atoms with Crippen molar-refractivity contribution in [3.05, 3.63) is 0 Å². The zero-order chi connectivity index (χ0) is 16.3. The van der Waals surface area contributed by atoms with Crippen LogP contribution in [0.25, 0.3) is 0 Å². The van der Waals surface area contributed by atoms with E-state index < -0.39 is 11.6 Å². The summed E-state index contributed by atoms with van der Waals surface area (Å²) in [5, 5.41) is 9.73. The normalized spacial score (nSPS) is 15.9. The lowest BCUT2D eigenvalue weighted by atomic mass is 9.79. The Balaban J connectivity index is 4.94. The Morgan fingerprint density at radius 2 is 1.71 bits per heavy atom. The molecular weight excluding hydrogens is 268 g/mol. The number of aliphatic carboxylic acids is 1. The molecule has 0 saturated heterocycles. The minimum Gasteiger partial charge on any atom is -0.479 e. The fraction of sp³-hybridized carbons (Fsp3) is 0.941. The minimum atomic E-state index is -1.22. The second-order valence-electron chi connectivity index (χ2n) is 6.11. The number of carbonyl (C=O) groups is 1. The second kappa shape index (κ2) is 11.0. The molecule has 0 aromatic rings. The topological polar surface area (TPSA) is 55.8 Å². The van der Waals surface area contributed by atoms with Crippen LogP contribution in [0.5, 0.6) is 0 Å². The highest BCUT2D eigenvalue weighted by atomic mass is 17.2. The molecule has 0 fully saturated rings. The van der Waals surface area contributed by atoms with Gasteiger partial charge >= 0.3 is 5.97 Å². The largest absolute Gasteiger partial charge is 0.479 e. The van der Waals surface area contributed by atoms with Crippen molar-refractivity contribution in [3.8, 4) is 0 Å². The maximum Gasteiger partial charge on any atom is 0.339 e. The Bertz CT molecular complexity index is 278. The molecule has 21 heavy (non-hydrogen) atoms. The van der Waals surface area contributed by atoms with Gasteiger partial charge in [0.1, 0.15) is 0 Å².